The fourth-order valence-electron chi connectivity index (χ4n) is 3.09. The van der Waals surface area contributed by atoms with Crippen LogP contribution in [0.3, 0.4) is 0 Å². The molecule has 1 aliphatic carbocycles. The Labute approximate surface area is 168 Å². The van der Waals surface area contributed by atoms with E-state index in [-0.39, 0.29) is 17.3 Å². The first-order valence-corrected chi connectivity index (χ1v) is 9.16. The number of hydrogen-bond acceptors (Lipinski definition) is 5. The summed E-state index contributed by atoms with van der Waals surface area (Å²) in [4.78, 5) is 24.9. The van der Waals surface area contributed by atoms with Crippen LogP contribution in [0.25, 0.3) is 0 Å². The molecule has 0 aliphatic heterocycles. The molecule has 4 rings (SSSR count). The Hall–Kier alpha value is -3.86. The predicted octanol–water partition coefficient (Wildman–Crippen LogP) is 4.65. The van der Waals surface area contributed by atoms with Gasteiger partial charge >= 0.3 is 0 Å². The van der Waals surface area contributed by atoms with Crippen molar-refractivity contribution in [1.82, 2.24) is 0 Å². The standard InChI is InChI=1S/C24H19NO4/c1-28-18-10-6-16(7-11-18)15-29-19-12-8-17(9-13-19)25-22-14-23(26)20-4-2-3-5-21(20)24(22)27/h2-14,25H,15H2,1H3. The summed E-state index contributed by atoms with van der Waals surface area (Å²) < 4.78 is 10.9. The van der Waals surface area contributed by atoms with Crippen molar-refractivity contribution in [1.29, 1.82) is 0 Å². The Morgan fingerprint density at radius 1 is 0.793 bits per heavy atom. The van der Waals surface area contributed by atoms with Gasteiger partial charge in [0.2, 0.25) is 5.78 Å². The summed E-state index contributed by atoms with van der Waals surface area (Å²) in [6.45, 7) is 0.436. The third-order valence-corrected chi connectivity index (χ3v) is 4.66. The summed E-state index contributed by atoms with van der Waals surface area (Å²) in [7, 11) is 1.63. The monoisotopic (exact) mass is 385 g/mol. The molecule has 0 bridgehead atoms. The van der Waals surface area contributed by atoms with Gasteiger partial charge in [0.25, 0.3) is 0 Å². The molecule has 1 aliphatic rings. The van der Waals surface area contributed by atoms with Crippen molar-refractivity contribution in [3.05, 3.63) is 101 Å². The maximum atomic E-state index is 12.6. The maximum Gasteiger partial charge on any atom is 0.210 e. The van der Waals surface area contributed by atoms with Gasteiger partial charge in [-0.05, 0) is 42.0 Å². The van der Waals surface area contributed by atoms with Crippen molar-refractivity contribution >= 4 is 17.3 Å². The quantitative estimate of drug-likeness (QED) is 0.669. The van der Waals surface area contributed by atoms with E-state index in [1.807, 2.05) is 48.5 Å². The minimum absolute atomic E-state index is 0.179. The molecular formula is C24H19NO4. The van der Waals surface area contributed by atoms with E-state index >= 15 is 0 Å². The van der Waals surface area contributed by atoms with Crippen LogP contribution in [0.2, 0.25) is 0 Å². The average Bonchev–Trinajstić information content (AvgIpc) is 2.77. The van der Waals surface area contributed by atoms with Crippen LogP contribution in [-0.4, -0.2) is 18.7 Å². The number of rotatable bonds is 6. The van der Waals surface area contributed by atoms with Gasteiger partial charge in [-0.15, -0.1) is 0 Å². The summed E-state index contributed by atoms with van der Waals surface area (Å²) in [6.07, 6.45) is 1.35. The number of nitrogens with one attached hydrogen (secondary N) is 1. The van der Waals surface area contributed by atoms with E-state index in [0.717, 1.165) is 11.3 Å². The highest BCUT2D eigenvalue weighted by atomic mass is 16.5. The molecule has 0 radical (unpaired) electrons. The number of ketones is 2. The zero-order valence-electron chi connectivity index (χ0n) is 15.8. The molecule has 5 nitrogen and oxygen atoms in total. The van der Waals surface area contributed by atoms with Gasteiger partial charge in [-0.25, -0.2) is 0 Å². The van der Waals surface area contributed by atoms with Gasteiger partial charge in [-0.3, -0.25) is 9.59 Å². The number of methoxy groups -OCH3 is 1. The van der Waals surface area contributed by atoms with Crippen molar-refractivity contribution in [2.75, 3.05) is 12.4 Å². The highest BCUT2D eigenvalue weighted by Gasteiger charge is 2.25. The lowest BCUT2D eigenvalue weighted by atomic mass is 9.92. The zero-order chi connectivity index (χ0) is 20.2. The number of allylic oxidation sites excluding steroid dienone is 2. The topological polar surface area (TPSA) is 64.6 Å². The van der Waals surface area contributed by atoms with Gasteiger partial charge in [-0.2, -0.15) is 0 Å². The van der Waals surface area contributed by atoms with Gasteiger partial charge in [-0.1, -0.05) is 36.4 Å². The summed E-state index contributed by atoms with van der Waals surface area (Å²) in [6, 6.07) is 21.8. The van der Waals surface area contributed by atoms with Crippen LogP contribution in [0.4, 0.5) is 5.69 Å². The van der Waals surface area contributed by atoms with E-state index in [9.17, 15) is 9.59 Å². The average molecular weight is 385 g/mol. The number of carbonyl (C=O) groups excluding carboxylic acids is 2. The zero-order valence-corrected chi connectivity index (χ0v) is 15.8. The van der Waals surface area contributed by atoms with Crippen LogP contribution in [0.15, 0.2) is 84.6 Å². The van der Waals surface area contributed by atoms with Crippen LogP contribution in [0.1, 0.15) is 26.3 Å². The Morgan fingerprint density at radius 2 is 1.45 bits per heavy atom. The van der Waals surface area contributed by atoms with Crippen LogP contribution >= 0.6 is 0 Å². The minimum Gasteiger partial charge on any atom is -0.497 e. The lowest BCUT2D eigenvalue weighted by Gasteiger charge is -2.16. The van der Waals surface area contributed by atoms with Gasteiger partial charge in [0.1, 0.15) is 18.1 Å². The second-order valence-corrected chi connectivity index (χ2v) is 6.58. The van der Waals surface area contributed by atoms with Gasteiger partial charge < -0.3 is 14.8 Å². The highest BCUT2D eigenvalue weighted by Crippen LogP contribution is 2.24. The summed E-state index contributed by atoms with van der Waals surface area (Å²) >= 11 is 0. The highest BCUT2D eigenvalue weighted by molar-refractivity contribution is 6.25. The molecule has 0 saturated carbocycles. The van der Waals surface area contributed by atoms with E-state index in [2.05, 4.69) is 5.32 Å². The summed E-state index contributed by atoms with van der Waals surface area (Å²) in [5, 5.41) is 3.04. The molecule has 3 aromatic rings. The lowest BCUT2D eigenvalue weighted by Crippen LogP contribution is -2.21. The Bertz CT molecular complexity index is 1080. The molecule has 144 valence electrons. The molecule has 0 heterocycles. The van der Waals surface area contributed by atoms with Crippen molar-refractivity contribution in [3.8, 4) is 11.5 Å². The number of hydrogen-bond donors (Lipinski definition) is 1. The number of carbonyl (C=O) groups is 2. The normalized spacial score (nSPS) is 12.8. The second kappa shape index (κ2) is 8.02. The summed E-state index contributed by atoms with van der Waals surface area (Å²) in [5.41, 5.74) is 2.85. The van der Waals surface area contributed by atoms with Crippen molar-refractivity contribution in [2.24, 2.45) is 0 Å². The smallest absolute Gasteiger partial charge is 0.210 e. The number of anilines is 1. The first-order valence-electron chi connectivity index (χ1n) is 9.16. The first kappa shape index (κ1) is 18.5. The van der Waals surface area contributed by atoms with Gasteiger partial charge in [0, 0.05) is 22.9 Å². The SMILES string of the molecule is COc1ccc(COc2ccc(NC3=CC(=O)c4ccccc4C3=O)cc2)cc1. The largest absolute Gasteiger partial charge is 0.497 e. The number of benzene rings is 3. The molecule has 0 fully saturated rings. The molecule has 0 atom stereocenters. The Kier molecular flexibility index (Phi) is 5.12. The van der Waals surface area contributed by atoms with Crippen LogP contribution in [-0.2, 0) is 6.61 Å². The van der Waals surface area contributed by atoms with Crippen molar-refractivity contribution < 1.29 is 19.1 Å². The number of fused-ring (bicyclic) bond motifs is 1. The molecule has 1 N–H and O–H groups in total. The molecule has 0 spiro atoms. The van der Waals surface area contributed by atoms with Crippen molar-refractivity contribution in [3.63, 3.8) is 0 Å². The number of Topliss-reactive ketones (excluding diaryl/α,β-unsaturated/α-hetero) is 1. The minimum atomic E-state index is -0.194. The third kappa shape index (κ3) is 4.04. The Morgan fingerprint density at radius 3 is 2.14 bits per heavy atom. The van der Waals surface area contributed by atoms with E-state index in [1.165, 1.54) is 6.08 Å². The predicted molar refractivity (Wildman–Crippen MR) is 111 cm³/mol. The van der Waals surface area contributed by atoms with Crippen molar-refractivity contribution in [2.45, 2.75) is 6.61 Å². The van der Waals surface area contributed by atoms with E-state index < -0.39 is 0 Å². The third-order valence-electron chi connectivity index (χ3n) is 4.66. The van der Waals surface area contributed by atoms with E-state index in [4.69, 9.17) is 9.47 Å². The number of ether oxygens (including phenoxy) is 2. The Balaban J connectivity index is 1.41. The van der Waals surface area contributed by atoms with Gasteiger partial charge in [0.15, 0.2) is 5.78 Å². The second-order valence-electron chi connectivity index (χ2n) is 6.58. The fraction of sp³-hybridized carbons (Fsp3) is 0.0833. The first-order chi connectivity index (χ1) is 14.1. The summed E-state index contributed by atoms with van der Waals surface area (Å²) in [5.74, 6) is 1.13. The molecule has 5 heteroatoms. The van der Waals surface area contributed by atoms with Crippen LogP contribution < -0.4 is 14.8 Å². The lowest BCUT2D eigenvalue weighted by molar-refractivity contribution is 0.0985. The molecule has 29 heavy (non-hydrogen) atoms. The van der Waals surface area contributed by atoms with E-state index in [1.54, 1.807) is 31.4 Å². The molecule has 3 aromatic carbocycles. The fourth-order valence-corrected chi connectivity index (χ4v) is 3.09. The maximum absolute atomic E-state index is 12.6. The molecule has 0 saturated heterocycles. The molecule has 0 unspecified atom stereocenters. The molecule has 0 aromatic heterocycles. The van der Waals surface area contributed by atoms with Gasteiger partial charge in [0.05, 0.1) is 12.8 Å². The molecule has 0 amide bonds. The van der Waals surface area contributed by atoms with Crippen LogP contribution in [0.5, 0.6) is 11.5 Å². The molecular weight excluding hydrogens is 366 g/mol. The van der Waals surface area contributed by atoms with E-state index in [0.29, 0.717) is 29.2 Å². The van der Waals surface area contributed by atoms with Crippen LogP contribution in [0, 0.1) is 0 Å².